The number of fused-ring (bicyclic) bond motifs is 5. The van der Waals surface area contributed by atoms with Gasteiger partial charge in [-0.15, -0.1) is 0 Å². The second-order valence-electron chi connectivity index (χ2n) is 11.0. The topological polar surface area (TPSA) is 17.1 Å². The molecule has 0 amide bonds. The number of carbonyl (C=O) groups is 1. The molecule has 0 aromatic rings. The predicted molar refractivity (Wildman–Crippen MR) is 113 cm³/mol. The van der Waals surface area contributed by atoms with Crippen molar-refractivity contribution in [3.63, 3.8) is 0 Å². The molecule has 27 heavy (non-hydrogen) atoms. The fourth-order valence-electron chi connectivity index (χ4n) is 8.49. The Balaban J connectivity index is 1.77. The summed E-state index contributed by atoms with van der Waals surface area (Å²) in [6, 6.07) is 0. The molecule has 2 saturated carbocycles. The van der Waals surface area contributed by atoms with E-state index in [1.807, 2.05) is 0 Å². The lowest BCUT2D eigenvalue weighted by Crippen LogP contribution is -2.51. The minimum atomic E-state index is 0.182. The van der Waals surface area contributed by atoms with Crippen molar-refractivity contribution < 1.29 is 4.79 Å². The Hall–Kier alpha value is -0.850. The van der Waals surface area contributed by atoms with Crippen LogP contribution >= 0.6 is 0 Å². The summed E-state index contributed by atoms with van der Waals surface area (Å²) in [5, 5.41) is 0. The van der Waals surface area contributed by atoms with E-state index in [-0.39, 0.29) is 5.92 Å². The highest BCUT2D eigenvalue weighted by molar-refractivity contribution is 5.99. The van der Waals surface area contributed by atoms with Gasteiger partial charge in [-0.2, -0.15) is 0 Å². The van der Waals surface area contributed by atoms with Gasteiger partial charge in [0.1, 0.15) is 0 Å². The maximum atomic E-state index is 12.7. The lowest BCUT2D eigenvalue weighted by molar-refractivity contribution is -0.123. The Morgan fingerprint density at radius 1 is 1.15 bits per heavy atom. The van der Waals surface area contributed by atoms with Crippen molar-refractivity contribution in [3.05, 3.63) is 23.3 Å². The number of carbonyl (C=O) groups excluding carboxylic acids is 1. The molecule has 0 aliphatic heterocycles. The maximum absolute atomic E-state index is 12.7. The molecule has 150 valence electrons. The molecule has 0 radical (unpaired) electrons. The van der Waals surface area contributed by atoms with Crippen LogP contribution in [0.1, 0.15) is 74.1 Å². The molecule has 0 spiro atoms. The molecule has 1 heteroatoms. The van der Waals surface area contributed by atoms with E-state index in [1.165, 1.54) is 31.3 Å². The van der Waals surface area contributed by atoms with Crippen molar-refractivity contribution >= 4 is 5.78 Å². The quantitative estimate of drug-likeness (QED) is 0.530. The molecule has 4 rings (SSSR count). The van der Waals surface area contributed by atoms with Crippen LogP contribution in [0.25, 0.3) is 0 Å². The third-order valence-electron chi connectivity index (χ3n) is 9.78. The van der Waals surface area contributed by atoms with Crippen LogP contribution in [0.4, 0.5) is 0 Å². The minimum Gasteiger partial charge on any atom is -0.294 e. The van der Waals surface area contributed by atoms with Gasteiger partial charge >= 0.3 is 0 Å². The zero-order valence-corrected chi connectivity index (χ0v) is 18.6. The highest BCUT2D eigenvalue weighted by Crippen LogP contribution is 2.66. The Labute approximate surface area is 167 Å². The molecule has 2 fully saturated rings. The summed E-state index contributed by atoms with van der Waals surface area (Å²) in [4.78, 5) is 12.7. The van der Waals surface area contributed by atoms with E-state index in [0.29, 0.717) is 29.0 Å². The van der Waals surface area contributed by atoms with E-state index in [2.05, 4.69) is 60.6 Å². The molecule has 4 aliphatic carbocycles. The lowest BCUT2D eigenvalue weighted by atomic mass is 9.47. The summed E-state index contributed by atoms with van der Waals surface area (Å²) in [7, 11) is 0. The predicted octanol–water partition coefficient (Wildman–Crippen LogP) is 6.69. The first kappa shape index (κ1) is 19.5. The average Bonchev–Trinajstić information content (AvgIpc) is 2.88. The first-order chi connectivity index (χ1) is 12.7. The minimum absolute atomic E-state index is 0.182. The van der Waals surface area contributed by atoms with Crippen LogP contribution in [0, 0.1) is 58.7 Å². The summed E-state index contributed by atoms with van der Waals surface area (Å²) in [5.74, 6) is 6.44. The second-order valence-corrected chi connectivity index (χ2v) is 11.0. The maximum Gasteiger partial charge on any atom is 0.161 e. The summed E-state index contributed by atoms with van der Waals surface area (Å²) >= 11 is 0. The average molecular weight is 369 g/mol. The van der Waals surface area contributed by atoms with Gasteiger partial charge in [-0.25, -0.2) is 0 Å². The molecule has 0 bridgehead atoms. The van der Waals surface area contributed by atoms with Gasteiger partial charge in [0.05, 0.1) is 0 Å². The Kier molecular flexibility index (Phi) is 4.76. The number of allylic oxidation sites excluding steroid dienone is 4. The molecule has 0 heterocycles. The Morgan fingerprint density at radius 3 is 2.52 bits per heavy atom. The van der Waals surface area contributed by atoms with E-state index < -0.39 is 0 Å². The SMILES string of the molecule is CCC[C@H]1C(C)CC2C3C=CC4=C(C)C(=O)C(C)C(C)C4C3C(C)CC21C. The highest BCUT2D eigenvalue weighted by atomic mass is 16.1. The third-order valence-corrected chi connectivity index (χ3v) is 9.78. The third kappa shape index (κ3) is 2.59. The van der Waals surface area contributed by atoms with Crippen LogP contribution in [0.3, 0.4) is 0 Å². The molecular formula is C26H40O. The van der Waals surface area contributed by atoms with Gasteiger partial charge in [0, 0.05) is 5.92 Å². The van der Waals surface area contributed by atoms with E-state index in [4.69, 9.17) is 0 Å². The fourth-order valence-corrected chi connectivity index (χ4v) is 8.49. The monoisotopic (exact) mass is 368 g/mol. The summed E-state index contributed by atoms with van der Waals surface area (Å²) < 4.78 is 0. The number of rotatable bonds is 2. The number of hydrogen-bond donors (Lipinski definition) is 0. The molecule has 10 atom stereocenters. The number of hydrogen-bond acceptors (Lipinski definition) is 1. The summed E-state index contributed by atoms with van der Waals surface area (Å²) in [6.45, 7) is 16.7. The van der Waals surface area contributed by atoms with Gasteiger partial charge in [0.2, 0.25) is 0 Å². The van der Waals surface area contributed by atoms with E-state index in [1.54, 1.807) is 0 Å². The Morgan fingerprint density at radius 2 is 1.85 bits per heavy atom. The zero-order chi connectivity index (χ0) is 19.7. The second kappa shape index (κ2) is 6.60. The fraction of sp³-hybridized carbons (Fsp3) is 0.808. The van der Waals surface area contributed by atoms with Crippen LogP contribution in [0.5, 0.6) is 0 Å². The first-order valence-corrected chi connectivity index (χ1v) is 11.7. The molecule has 9 unspecified atom stereocenters. The van der Waals surface area contributed by atoms with Gasteiger partial charge in [-0.1, -0.05) is 60.1 Å². The summed E-state index contributed by atoms with van der Waals surface area (Å²) in [6.07, 6.45) is 10.5. The van der Waals surface area contributed by atoms with Crippen molar-refractivity contribution in [2.75, 3.05) is 0 Å². The van der Waals surface area contributed by atoms with E-state index in [9.17, 15) is 4.79 Å². The zero-order valence-electron chi connectivity index (χ0n) is 18.6. The van der Waals surface area contributed by atoms with Gasteiger partial charge in [0.25, 0.3) is 0 Å². The van der Waals surface area contributed by atoms with Crippen LogP contribution in [0.2, 0.25) is 0 Å². The van der Waals surface area contributed by atoms with Crippen molar-refractivity contribution in [1.82, 2.24) is 0 Å². The van der Waals surface area contributed by atoms with Crippen LogP contribution < -0.4 is 0 Å². The standard InChI is InChI=1S/C26H40O/c1-8-9-21-14(2)12-22-20-11-10-19-18(6)25(27)17(5)16(4)24(19)23(20)15(3)13-26(21,22)7/h10-11,14-17,20-24H,8-9,12-13H2,1-7H3/t14?,15?,16?,17?,20?,21-,22?,23?,24?,26?/m0/s1. The molecule has 0 N–H and O–H groups in total. The molecular weight excluding hydrogens is 328 g/mol. The lowest BCUT2D eigenvalue weighted by Gasteiger charge is -2.57. The first-order valence-electron chi connectivity index (χ1n) is 11.7. The number of ketones is 1. The highest BCUT2D eigenvalue weighted by Gasteiger charge is 2.60. The summed E-state index contributed by atoms with van der Waals surface area (Å²) in [5.41, 5.74) is 2.96. The molecule has 0 saturated heterocycles. The molecule has 1 nitrogen and oxygen atoms in total. The molecule has 4 aliphatic rings. The van der Waals surface area contributed by atoms with Crippen molar-refractivity contribution in [2.24, 2.45) is 58.7 Å². The van der Waals surface area contributed by atoms with Gasteiger partial charge in [-0.3, -0.25) is 4.79 Å². The van der Waals surface area contributed by atoms with Crippen molar-refractivity contribution in [3.8, 4) is 0 Å². The van der Waals surface area contributed by atoms with E-state index >= 15 is 0 Å². The van der Waals surface area contributed by atoms with Crippen LogP contribution in [-0.4, -0.2) is 5.78 Å². The largest absolute Gasteiger partial charge is 0.294 e. The van der Waals surface area contributed by atoms with Gasteiger partial charge in [-0.05, 0) is 90.1 Å². The Bertz CT molecular complexity index is 684. The number of Topliss-reactive ketones (excluding diaryl/α,β-unsaturated/α-hetero) is 1. The molecule has 0 aromatic heterocycles. The smallest absolute Gasteiger partial charge is 0.161 e. The van der Waals surface area contributed by atoms with E-state index in [0.717, 1.165) is 35.2 Å². The van der Waals surface area contributed by atoms with Crippen LogP contribution in [0.15, 0.2) is 23.3 Å². The van der Waals surface area contributed by atoms with Crippen molar-refractivity contribution in [1.29, 1.82) is 0 Å². The van der Waals surface area contributed by atoms with Crippen molar-refractivity contribution in [2.45, 2.75) is 74.1 Å². The van der Waals surface area contributed by atoms with Gasteiger partial charge < -0.3 is 0 Å². The molecule has 0 aromatic carbocycles. The van der Waals surface area contributed by atoms with Gasteiger partial charge in [0.15, 0.2) is 5.78 Å². The normalized spacial score (nSPS) is 51.8. The van der Waals surface area contributed by atoms with Crippen LogP contribution in [-0.2, 0) is 4.79 Å².